The third kappa shape index (κ3) is 2.31. The third-order valence-corrected chi connectivity index (χ3v) is 4.93. The highest BCUT2D eigenvalue weighted by Crippen LogP contribution is 2.32. The maximum atomic E-state index is 12.7. The van der Waals surface area contributed by atoms with Crippen LogP contribution in [0, 0.1) is 6.92 Å². The van der Waals surface area contributed by atoms with Gasteiger partial charge in [-0.3, -0.25) is 9.59 Å². The molecule has 5 heteroatoms. The molecule has 0 saturated heterocycles. The maximum absolute atomic E-state index is 12.7. The highest BCUT2D eigenvalue weighted by molar-refractivity contribution is 5.98. The van der Waals surface area contributed by atoms with Gasteiger partial charge in [0.25, 0.3) is 5.56 Å². The molecule has 0 atom stereocenters. The van der Waals surface area contributed by atoms with Gasteiger partial charge in [-0.1, -0.05) is 13.0 Å². The predicted octanol–water partition coefficient (Wildman–Crippen LogP) is 2.79. The summed E-state index contributed by atoms with van der Waals surface area (Å²) in [5.74, 6) is -0.0140. The fraction of sp³-hybridized carbons (Fsp3) is 0.250. The maximum Gasteiger partial charge on any atom is 0.255 e. The Morgan fingerprint density at radius 1 is 1.28 bits per heavy atom. The Kier molecular flexibility index (Phi) is 3.54. The van der Waals surface area contributed by atoms with Gasteiger partial charge in [0.15, 0.2) is 5.78 Å². The molecule has 1 aromatic carbocycles. The van der Waals surface area contributed by atoms with Crippen LogP contribution in [0.15, 0.2) is 35.1 Å². The van der Waals surface area contributed by atoms with Crippen LogP contribution in [0.2, 0.25) is 0 Å². The smallest absolute Gasteiger partial charge is 0.255 e. The quantitative estimate of drug-likeness (QED) is 0.585. The van der Waals surface area contributed by atoms with Crippen molar-refractivity contribution in [2.45, 2.75) is 33.4 Å². The molecule has 0 radical (unpaired) electrons. The van der Waals surface area contributed by atoms with E-state index < -0.39 is 0 Å². The largest absolute Gasteiger partial charge is 0.326 e. The zero-order valence-corrected chi connectivity index (χ0v) is 14.3. The van der Waals surface area contributed by atoms with Crippen molar-refractivity contribution < 1.29 is 4.79 Å². The van der Waals surface area contributed by atoms with Crippen LogP contribution in [0.3, 0.4) is 0 Å². The number of rotatable bonds is 3. The molecule has 3 aromatic rings. The second-order valence-electron chi connectivity index (χ2n) is 6.46. The molecule has 0 spiro atoms. The molecule has 2 N–H and O–H groups in total. The number of nitrogens with two attached hydrogens (primary N) is 1. The van der Waals surface area contributed by atoms with Crippen molar-refractivity contribution in [3.05, 3.63) is 62.9 Å². The van der Waals surface area contributed by atoms with Crippen molar-refractivity contribution in [1.29, 1.82) is 0 Å². The number of carbonyl (C=O) groups excluding carboxylic acids is 1. The van der Waals surface area contributed by atoms with Crippen molar-refractivity contribution in [3.8, 4) is 11.4 Å². The lowest BCUT2D eigenvalue weighted by molar-refractivity contribution is 0.0987. The summed E-state index contributed by atoms with van der Waals surface area (Å²) in [6.45, 7) is 4.50. The van der Waals surface area contributed by atoms with Gasteiger partial charge in [-0.25, -0.2) is 4.98 Å². The Morgan fingerprint density at radius 3 is 2.80 bits per heavy atom. The van der Waals surface area contributed by atoms with E-state index in [1.807, 2.05) is 24.3 Å². The van der Waals surface area contributed by atoms with E-state index >= 15 is 0 Å². The molecular weight excluding hydrogens is 314 g/mol. The fourth-order valence-corrected chi connectivity index (χ4v) is 3.49. The minimum Gasteiger partial charge on any atom is -0.326 e. The number of hydrogen-bond acceptors (Lipinski definition) is 4. The van der Waals surface area contributed by atoms with Crippen LogP contribution >= 0.6 is 0 Å². The Morgan fingerprint density at radius 2 is 2.08 bits per heavy atom. The molecule has 4 rings (SSSR count). The highest BCUT2D eigenvalue weighted by Gasteiger charge is 2.25. The van der Waals surface area contributed by atoms with Crippen LogP contribution in [0.1, 0.15) is 40.4 Å². The Labute approximate surface area is 145 Å². The number of benzene rings is 1. The molecule has 0 saturated carbocycles. The van der Waals surface area contributed by atoms with Gasteiger partial charge in [-0.15, -0.1) is 0 Å². The summed E-state index contributed by atoms with van der Waals surface area (Å²) < 4.78 is 1.71. The molecule has 5 nitrogen and oxygen atoms in total. The number of carbonyl (C=O) groups is 1. The molecule has 2 aromatic heterocycles. The minimum atomic E-state index is -0.112. The molecule has 0 bridgehead atoms. The third-order valence-electron chi connectivity index (χ3n) is 4.93. The van der Waals surface area contributed by atoms with Gasteiger partial charge in [0, 0.05) is 35.0 Å². The second kappa shape index (κ2) is 5.63. The van der Waals surface area contributed by atoms with Crippen molar-refractivity contribution in [2.75, 3.05) is 0 Å². The lowest BCUT2D eigenvalue weighted by Crippen LogP contribution is -2.24. The molecule has 126 valence electrons. The monoisotopic (exact) mass is 333 g/mol. The lowest BCUT2D eigenvalue weighted by atomic mass is 10.0. The zero-order valence-electron chi connectivity index (χ0n) is 14.3. The Hall–Kier alpha value is -2.79. The van der Waals surface area contributed by atoms with Gasteiger partial charge < -0.3 is 10.3 Å². The summed E-state index contributed by atoms with van der Waals surface area (Å²) in [6.07, 6.45) is 0.379. The fourth-order valence-electron chi connectivity index (χ4n) is 3.49. The van der Waals surface area contributed by atoms with Crippen molar-refractivity contribution in [3.63, 3.8) is 0 Å². The Balaban J connectivity index is 1.97. The van der Waals surface area contributed by atoms with E-state index in [4.69, 9.17) is 10.7 Å². The number of ketones is 1. The molecule has 3 heterocycles. The SMILES string of the molecule is CCC(=O)c1cc2n(c(=O)c1C)Cc1cc3cc(CN)ccc3nc1-2. The Bertz CT molecular complexity index is 1100. The number of Topliss-reactive ketones (excluding diaryl/α,β-unsaturated/α-hetero) is 1. The van der Waals surface area contributed by atoms with Crippen LogP contribution < -0.4 is 11.3 Å². The van der Waals surface area contributed by atoms with Crippen molar-refractivity contribution >= 4 is 16.7 Å². The summed E-state index contributed by atoms with van der Waals surface area (Å²) in [5.41, 5.74) is 11.1. The van der Waals surface area contributed by atoms with Crippen LogP contribution in [0.5, 0.6) is 0 Å². The first kappa shape index (κ1) is 15.7. The first-order valence-electron chi connectivity index (χ1n) is 8.44. The molecule has 0 aliphatic carbocycles. The van der Waals surface area contributed by atoms with E-state index in [2.05, 4.69) is 6.07 Å². The van der Waals surface area contributed by atoms with Crippen molar-refractivity contribution in [1.82, 2.24) is 9.55 Å². The molecule has 0 amide bonds. The average molecular weight is 333 g/mol. The summed E-state index contributed by atoms with van der Waals surface area (Å²) in [7, 11) is 0. The molecule has 1 aliphatic heterocycles. The second-order valence-corrected chi connectivity index (χ2v) is 6.46. The van der Waals surface area contributed by atoms with E-state index in [9.17, 15) is 9.59 Å². The van der Waals surface area contributed by atoms with E-state index in [1.54, 1.807) is 18.4 Å². The van der Waals surface area contributed by atoms with Crippen LogP contribution in [0.4, 0.5) is 0 Å². The van der Waals surface area contributed by atoms with Crippen LogP contribution in [0.25, 0.3) is 22.3 Å². The number of fused-ring (bicyclic) bond motifs is 4. The van der Waals surface area contributed by atoms with Crippen LogP contribution in [-0.2, 0) is 13.1 Å². The zero-order chi connectivity index (χ0) is 17.7. The number of nitrogens with zero attached hydrogens (tertiary/aromatic N) is 2. The first-order valence-corrected chi connectivity index (χ1v) is 8.44. The van der Waals surface area contributed by atoms with Gasteiger partial charge in [-0.2, -0.15) is 0 Å². The van der Waals surface area contributed by atoms with E-state index in [0.29, 0.717) is 30.6 Å². The number of aromatic nitrogens is 2. The number of hydrogen-bond donors (Lipinski definition) is 1. The molecular formula is C20H19N3O2. The summed E-state index contributed by atoms with van der Waals surface area (Å²) in [5, 5.41) is 1.02. The highest BCUT2D eigenvalue weighted by atomic mass is 16.1. The van der Waals surface area contributed by atoms with Crippen LogP contribution in [-0.4, -0.2) is 15.3 Å². The van der Waals surface area contributed by atoms with Gasteiger partial charge >= 0.3 is 0 Å². The summed E-state index contributed by atoms with van der Waals surface area (Å²) in [6, 6.07) is 9.84. The van der Waals surface area contributed by atoms with E-state index in [0.717, 1.165) is 33.4 Å². The summed E-state index contributed by atoms with van der Waals surface area (Å²) >= 11 is 0. The number of pyridine rings is 2. The topological polar surface area (TPSA) is 78.0 Å². The first-order chi connectivity index (χ1) is 12.0. The standard InChI is InChI=1S/C20H19N3O2/c1-3-18(24)15-8-17-19-14(10-23(17)20(25)11(15)2)7-13-6-12(9-21)4-5-16(13)22-19/h4-8H,3,9-10,21H2,1-2H3. The van der Waals surface area contributed by atoms with Gasteiger partial charge in [-0.05, 0) is 36.8 Å². The lowest BCUT2D eigenvalue weighted by Gasteiger charge is -2.09. The van der Waals surface area contributed by atoms with E-state index in [-0.39, 0.29) is 11.3 Å². The van der Waals surface area contributed by atoms with Gasteiger partial charge in [0.05, 0.1) is 23.4 Å². The molecule has 1 aliphatic rings. The molecule has 0 unspecified atom stereocenters. The minimum absolute atomic E-state index is 0.0140. The summed E-state index contributed by atoms with van der Waals surface area (Å²) in [4.78, 5) is 29.7. The molecule has 0 fully saturated rings. The van der Waals surface area contributed by atoms with E-state index in [1.165, 1.54) is 0 Å². The molecule has 25 heavy (non-hydrogen) atoms. The van der Waals surface area contributed by atoms with Gasteiger partial charge in [0.1, 0.15) is 0 Å². The average Bonchev–Trinajstić information content (AvgIpc) is 2.99. The predicted molar refractivity (Wildman–Crippen MR) is 97.8 cm³/mol. The normalized spacial score (nSPS) is 12.3. The van der Waals surface area contributed by atoms with Crippen molar-refractivity contribution in [2.24, 2.45) is 5.73 Å². The van der Waals surface area contributed by atoms with Gasteiger partial charge in [0.2, 0.25) is 0 Å².